The molecule has 0 bridgehead atoms. The SMILES string of the molecule is COC(=O)NC1CCN(C(=O)C2(CN)CCOCC2)C1. The summed E-state index contributed by atoms with van der Waals surface area (Å²) >= 11 is 0. The van der Waals surface area contributed by atoms with E-state index in [2.05, 4.69) is 10.1 Å². The van der Waals surface area contributed by atoms with Gasteiger partial charge in [-0.25, -0.2) is 4.79 Å². The molecule has 3 N–H and O–H groups in total. The largest absolute Gasteiger partial charge is 0.453 e. The van der Waals surface area contributed by atoms with Crippen molar-refractivity contribution >= 4 is 12.0 Å². The molecule has 2 heterocycles. The first-order valence-corrected chi connectivity index (χ1v) is 7.03. The first kappa shape index (κ1) is 15.1. The van der Waals surface area contributed by atoms with E-state index in [9.17, 15) is 9.59 Å². The predicted molar refractivity (Wildman–Crippen MR) is 72.1 cm³/mol. The summed E-state index contributed by atoms with van der Waals surface area (Å²) < 4.78 is 9.90. The van der Waals surface area contributed by atoms with Gasteiger partial charge in [0.1, 0.15) is 0 Å². The van der Waals surface area contributed by atoms with Gasteiger partial charge in [-0.3, -0.25) is 4.79 Å². The minimum Gasteiger partial charge on any atom is -0.453 e. The third-order valence-electron chi connectivity index (χ3n) is 4.28. The van der Waals surface area contributed by atoms with Crippen molar-refractivity contribution in [3.05, 3.63) is 0 Å². The third-order valence-corrected chi connectivity index (χ3v) is 4.28. The van der Waals surface area contributed by atoms with Crippen LogP contribution in [0.1, 0.15) is 19.3 Å². The highest BCUT2D eigenvalue weighted by molar-refractivity contribution is 5.83. The molecule has 0 aromatic heterocycles. The number of carbonyl (C=O) groups is 2. The molecule has 1 unspecified atom stereocenters. The molecule has 0 spiro atoms. The highest BCUT2D eigenvalue weighted by Gasteiger charge is 2.43. The van der Waals surface area contributed by atoms with Crippen LogP contribution in [0.3, 0.4) is 0 Å². The number of methoxy groups -OCH3 is 1. The average molecular weight is 285 g/mol. The van der Waals surface area contributed by atoms with Gasteiger partial charge in [0.05, 0.1) is 18.6 Å². The number of nitrogens with two attached hydrogens (primary N) is 1. The van der Waals surface area contributed by atoms with Crippen LogP contribution in [0.25, 0.3) is 0 Å². The molecule has 0 saturated carbocycles. The van der Waals surface area contributed by atoms with Crippen LogP contribution < -0.4 is 11.1 Å². The number of nitrogens with zero attached hydrogens (tertiary/aromatic N) is 1. The molecule has 0 aromatic rings. The fourth-order valence-electron chi connectivity index (χ4n) is 2.89. The highest BCUT2D eigenvalue weighted by atomic mass is 16.5. The molecule has 1 atom stereocenters. The van der Waals surface area contributed by atoms with Crippen LogP contribution in [0.5, 0.6) is 0 Å². The lowest BCUT2D eigenvalue weighted by molar-refractivity contribution is -0.146. The van der Waals surface area contributed by atoms with Gasteiger partial charge in [-0.2, -0.15) is 0 Å². The van der Waals surface area contributed by atoms with Crippen LogP contribution in [0.4, 0.5) is 4.79 Å². The molecule has 2 amide bonds. The molecule has 0 aliphatic carbocycles. The fourth-order valence-corrected chi connectivity index (χ4v) is 2.89. The molecule has 0 aromatic carbocycles. The normalized spacial score (nSPS) is 25.3. The summed E-state index contributed by atoms with van der Waals surface area (Å²) in [5.74, 6) is 0.0949. The molecular formula is C13H23N3O4. The van der Waals surface area contributed by atoms with E-state index >= 15 is 0 Å². The second-order valence-electron chi connectivity index (χ2n) is 5.47. The van der Waals surface area contributed by atoms with Crippen molar-refractivity contribution < 1.29 is 19.1 Å². The van der Waals surface area contributed by atoms with Crippen LogP contribution in [-0.2, 0) is 14.3 Å². The topological polar surface area (TPSA) is 93.9 Å². The summed E-state index contributed by atoms with van der Waals surface area (Å²) in [6.07, 6.45) is 1.64. The lowest BCUT2D eigenvalue weighted by Crippen LogP contribution is -2.51. The first-order valence-electron chi connectivity index (χ1n) is 7.03. The first-order chi connectivity index (χ1) is 9.61. The maximum absolute atomic E-state index is 12.7. The molecule has 114 valence electrons. The summed E-state index contributed by atoms with van der Waals surface area (Å²) in [4.78, 5) is 25.7. The highest BCUT2D eigenvalue weighted by Crippen LogP contribution is 2.32. The zero-order chi connectivity index (χ0) is 14.6. The van der Waals surface area contributed by atoms with Gasteiger partial charge >= 0.3 is 6.09 Å². The Bertz CT molecular complexity index is 369. The van der Waals surface area contributed by atoms with Crippen LogP contribution in [0.2, 0.25) is 0 Å². The zero-order valence-corrected chi connectivity index (χ0v) is 11.9. The zero-order valence-electron chi connectivity index (χ0n) is 11.9. The number of alkyl carbamates (subject to hydrolysis) is 1. The molecule has 7 nitrogen and oxygen atoms in total. The molecule has 2 fully saturated rings. The monoisotopic (exact) mass is 285 g/mol. The van der Waals surface area contributed by atoms with Crippen molar-refractivity contribution in [3.63, 3.8) is 0 Å². The van der Waals surface area contributed by atoms with E-state index < -0.39 is 11.5 Å². The third kappa shape index (κ3) is 3.04. The van der Waals surface area contributed by atoms with Gasteiger partial charge in [0.15, 0.2) is 0 Å². The lowest BCUT2D eigenvalue weighted by Gasteiger charge is -2.37. The summed E-state index contributed by atoms with van der Waals surface area (Å²) in [6, 6.07) is -0.0407. The van der Waals surface area contributed by atoms with Gasteiger partial charge < -0.3 is 25.4 Å². The Morgan fingerprint density at radius 2 is 2.15 bits per heavy atom. The fraction of sp³-hybridized carbons (Fsp3) is 0.846. The molecule has 0 radical (unpaired) electrons. The smallest absolute Gasteiger partial charge is 0.407 e. The van der Waals surface area contributed by atoms with Crippen LogP contribution >= 0.6 is 0 Å². The maximum Gasteiger partial charge on any atom is 0.407 e. The second kappa shape index (κ2) is 6.41. The minimum atomic E-state index is -0.488. The van der Waals surface area contributed by atoms with E-state index in [1.807, 2.05) is 0 Å². The van der Waals surface area contributed by atoms with Crippen molar-refractivity contribution in [1.29, 1.82) is 0 Å². The molecule has 2 aliphatic heterocycles. The van der Waals surface area contributed by atoms with Crippen molar-refractivity contribution in [2.45, 2.75) is 25.3 Å². The van der Waals surface area contributed by atoms with E-state index in [-0.39, 0.29) is 11.9 Å². The number of hydrogen-bond acceptors (Lipinski definition) is 5. The number of amides is 2. The van der Waals surface area contributed by atoms with Crippen molar-refractivity contribution in [2.75, 3.05) is 40.0 Å². The minimum absolute atomic E-state index is 0.0407. The second-order valence-corrected chi connectivity index (χ2v) is 5.47. The Kier molecular flexibility index (Phi) is 4.82. The number of likely N-dealkylation sites (tertiary alicyclic amines) is 1. The molecule has 7 heteroatoms. The van der Waals surface area contributed by atoms with Gasteiger partial charge in [0, 0.05) is 32.8 Å². The van der Waals surface area contributed by atoms with Crippen molar-refractivity contribution in [2.24, 2.45) is 11.1 Å². The number of ether oxygens (including phenoxy) is 2. The van der Waals surface area contributed by atoms with Gasteiger partial charge in [0.25, 0.3) is 0 Å². The maximum atomic E-state index is 12.7. The van der Waals surface area contributed by atoms with E-state index in [4.69, 9.17) is 10.5 Å². The van der Waals surface area contributed by atoms with Gasteiger partial charge in [-0.1, -0.05) is 0 Å². The summed E-state index contributed by atoms with van der Waals surface area (Å²) in [7, 11) is 1.33. The molecule has 2 rings (SSSR count). The van der Waals surface area contributed by atoms with Crippen LogP contribution in [-0.4, -0.2) is 62.9 Å². The molecular weight excluding hydrogens is 262 g/mol. The van der Waals surface area contributed by atoms with Gasteiger partial charge in [-0.05, 0) is 19.3 Å². The summed E-state index contributed by atoms with van der Waals surface area (Å²) in [6.45, 7) is 2.69. The Balaban J connectivity index is 1.94. The summed E-state index contributed by atoms with van der Waals surface area (Å²) in [5, 5.41) is 2.74. The number of hydrogen-bond donors (Lipinski definition) is 2. The van der Waals surface area contributed by atoms with Gasteiger partial charge in [-0.15, -0.1) is 0 Å². The predicted octanol–water partition coefficient (Wildman–Crippen LogP) is -0.301. The molecule has 2 saturated heterocycles. The van der Waals surface area contributed by atoms with E-state index in [1.54, 1.807) is 4.90 Å². The Labute approximate surface area is 118 Å². The molecule has 2 aliphatic rings. The lowest BCUT2D eigenvalue weighted by atomic mass is 9.79. The van der Waals surface area contributed by atoms with Crippen molar-refractivity contribution in [1.82, 2.24) is 10.2 Å². The van der Waals surface area contributed by atoms with Crippen LogP contribution in [0.15, 0.2) is 0 Å². The number of carbonyl (C=O) groups excluding carboxylic acids is 2. The van der Waals surface area contributed by atoms with Crippen molar-refractivity contribution in [3.8, 4) is 0 Å². The standard InChI is InChI=1S/C13H23N3O4/c1-19-12(18)15-10-2-5-16(8-10)11(17)13(9-14)3-6-20-7-4-13/h10H,2-9,14H2,1H3,(H,15,18). The Morgan fingerprint density at radius 3 is 2.75 bits per heavy atom. The van der Waals surface area contributed by atoms with E-state index in [0.717, 1.165) is 6.42 Å². The Hall–Kier alpha value is -1.34. The van der Waals surface area contributed by atoms with E-state index in [0.29, 0.717) is 45.7 Å². The molecule has 20 heavy (non-hydrogen) atoms. The van der Waals surface area contributed by atoms with E-state index in [1.165, 1.54) is 7.11 Å². The average Bonchev–Trinajstić information content (AvgIpc) is 2.95. The number of rotatable bonds is 3. The number of nitrogens with one attached hydrogen (secondary N) is 1. The van der Waals surface area contributed by atoms with Crippen LogP contribution in [0, 0.1) is 5.41 Å². The van der Waals surface area contributed by atoms with Gasteiger partial charge in [0.2, 0.25) is 5.91 Å². The quantitative estimate of drug-likeness (QED) is 0.742. The Morgan fingerprint density at radius 1 is 1.45 bits per heavy atom. The summed E-state index contributed by atoms with van der Waals surface area (Å²) in [5.41, 5.74) is 5.36.